The number of carbonyl (C=O) groups is 1. The Morgan fingerprint density at radius 1 is 1.05 bits per heavy atom. The van der Waals surface area contributed by atoms with Crippen LogP contribution in [0.1, 0.15) is 22.8 Å². The van der Waals surface area contributed by atoms with Crippen molar-refractivity contribution < 1.29 is 13.6 Å². The zero-order chi connectivity index (χ0) is 15.2. The molecule has 5 heteroatoms. The summed E-state index contributed by atoms with van der Waals surface area (Å²) < 4.78 is 27.2. The quantitative estimate of drug-likeness (QED) is 0.887. The fraction of sp³-hybridized carbons (Fsp3) is 0.188. The van der Waals surface area contributed by atoms with Crippen LogP contribution in [0.15, 0.2) is 42.5 Å². The summed E-state index contributed by atoms with van der Waals surface area (Å²) in [5.41, 5.74) is 0.742. The lowest BCUT2D eigenvalue weighted by atomic mass is 10.1. The highest BCUT2D eigenvalue weighted by Gasteiger charge is 2.14. The van der Waals surface area contributed by atoms with Gasteiger partial charge in [-0.2, -0.15) is 0 Å². The molecule has 2 N–H and O–H groups in total. The number of halogens is 2. The summed E-state index contributed by atoms with van der Waals surface area (Å²) in [7, 11) is 0. The third-order valence-electron chi connectivity index (χ3n) is 3.01. The first-order valence-electron chi connectivity index (χ1n) is 6.67. The summed E-state index contributed by atoms with van der Waals surface area (Å²) >= 11 is 0. The van der Waals surface area contributed by atoms with Gasteiger partial charge in [0.05, 0.1) is 11.3 Å². The Labute approximate surface area is 122 Å². The van der Waals surface area contributed by atoms with Crippen molar-refractivity contribution in [1.29, 1.82) is 0 Å². The normalized spacial score (nSPS) is 10.2. The van der Waals surface area contributed by atoms with E-state index in [1.165, 1.54) is 24.3 Å². The molecule has 0 radical (unpaired) electrons. The molecule has 0 saturated carbocycles. The molecular weight excluding hydrogens is 274 g/mol. The summed E-state index contributed by atoms with van der Waals surface area (Å²) in [4.78, 5) is 12.1. The van der Waals surface area contributed by atoms with Gasteiger partial charge in [0, 0.05) is 18.7 Å². The van der Waals surface area contributed by atoms with Gasteiger partial charge in [0.1, 0.15) is 11.6 Å². The van der Waals surface area contributed by atoms with Crippen LogP contribution in [0.2, 0.25) is 0 Å². The molecule has 0 aromatic heterocycles. The van der Waals surface area contributed by atoms with E-state index in [9.17, 15) is 13.6 Å². The molecule has 0 spiro atoms. The highest BCUT2D eigenvalue weighted by molar-refractivity contribution is 5.99. The first-order chi connectivity index (χ1) is 10.1. The van der Waals surface area contributed by atoms with Crippen LogP contribution >= 0.6 is 0 Å². The largest absolute Gasteiger partial charge is 0.382 e. The van der Waals surface area contributed by atoms with Crippen LogP contribution < -0.4 is 10.6 Å². The standard InChI is InChI=1S/C16H16F2N2O/c1-2-19-15-12(7-5-9-14(15)18)16(21)20-10-11-6-3-4-8-13(11)17/h3-9,19H,2,10H2,1H3,(H,20,21). The monoisotopic (exact) mass is 290 g/mol. The highest BCUT2D eigenvalue weighted by Crippen LogP contribution is 2.19. The van der Waals surface area contributed by atoms with Crippen molar-refractivity contribution in [3.8, 4) is 0 Å². The van der Waals surface area contributed by atoms with Crippen LogP contribution in [-0.2, 0) is 6.54 Å². The van der Waals surface area contributed by atoms with Crippen LogP contribution in [0.5, 0.6) is 0 Å². The van der Waals surface area contributed by atoms with Gasteiger partial charge in [-0.3, -0.25) is 4.79 Å². The second kappa shape index (κ2) is 6.83. The minimum absolute atomic E-state index is 0.0492. The van der Waals surface area contributed by atoms with Gasteiger partial charge in [-0.1, -0.05) is 24.3 Å². The van der Waals surface area contributed by atoms with Crippen LogP contribution in [-0.4, -0.2) is 12.5 Å². The predicted molar refractivity (Wildman–Crippen MR) is 78.1 cm³/mol. The smallest absolute Gasteiger partial charge is 0.253 e. The van der Waals surface area contributed by atoms with Gasteiger partial charge in [0.25, 0.3) is 5.91 Å². The summed E-state index contributed by atoms with van der Waals surface area (Å²) in [6, 6.07) is 10.5. The minimum atomic E-state index is -0.490. The summed E-state index contributed by atoms with van der Waals surface area (Å²) in [5.74, 6) is -1.33. The maximum absolute atomic E-state index is 13.7. The number of hydrogen-bond donors (Lipinski definition) is 2. The number of rotatable bonds is 5. The third kappa shape index (κ3) is 3.56. The Hall–Kier alpha value is -2.43. The molecule has 2 aromatic rings. The van der Waals surface area contributed by atoms with Crippen molar-refractivity contribution in [2.75, 3.05) is 11.9 Å². The first-order valence-corrected chi connectivity index (χ1v) is 6.67. The van der Waals surface area contributed by atoms with E-state index in [2.05, 4.69) is 10.6 Å². The average Bonchev–Trinajstić information content (AvgIpc) is 2.48. The van der Waals surface area contributed by atoms with Gasteiger partial charge in [-0.15, -0.1) is 0 Å². The molecule has 21 heavy (non-hydrogen) atoms. The van der Waals surface area contributed by atoms with Crippen molar-refractivity contribution in [3.63, 3.8) is 0 Å². The molecule has 0 aliphatic carbocycles. The highest BCUT2D eigenvalue weighted by atomic mass is 19.1. The molecule has 0 fully saturated rings. The van der Waals surface area contributed by atoms with Gasteiger partial charge in [0.2, 0.25) is 0 Å². The Bertz CT molecular complexity index is 644. The molecule has 2 aromatic carbocycles. The van der Waals surface area contributed by atoms with Crippen molar-refractivity contribution in [2.45, 2.75) is 13.5 Å². The molecule has 0 saturated heterocycles. The molecule has 0 bridgehead atoms. The number of benzene rings is 2. The lowest BCUT2D eigenvalue weighted by molar-refractivity contribution is 0.0951. The van der Waals surface area contributed by atoms with E-state index in [0.717, 1.165) is 0 Å². The van der Waals surface area contributed by atoms with E-state index < -0.39 is 11.7 Å². The van der Waals surface area contributed by atoms with E-state index in [4.69, 9.17) is 0 Å². The molecule has 0 aliphatic heterocycles. The van der Waals surface area contributed by atoms with Crippen molar-refractivity contribution in [1.82, 2.24) is 5.32 Å². The molecule has 2 rings (SSSR count). The van der Waals surface area contributed by atoms with Crippen molar-refractivity contribution >= 4 is 11.6 Å². The van der Waals surface area contributed by atoms with E-state index in [-0.39, 0.29) is 23.6 Å². The Kier molecular flexibility index (Phi) is 4.87. The zero-order valence-electron chi connectivity index (χ0n) is 11.6. The van der Waals surface area contributed by atoms with E-state index in [1.807, 2.05) is 6.92 Å². The van der Waals surface area contributed by atoms with Gasteiger partial charge in [-0.25, -0.2) is 8.78 Å². The van der Waals surface area contributed by atoms with E-state index in [1.54, 1.807) is 18.2 Å². The molecule has 1 amide bonds. The maximum Gasteiger partial charge on any atom is 0.253 e. The number of para-hydroxylation sites is 1. The lowest BCUT2D eigenvalue weighted by Crippen LogP contribution is -2.24. The minimum Gasteiger partial charge on any atom is -0.382 e. The van der Waals surface area contributed by atoms with Crippen LogP contribution in [0.3, 0.4) is 0 Å². The van der Waals surface area contributed by atoms with Crippen molar-refractivity contribution in [2.24, 2.45) is 0 Å². The summed E-state index contributed by atoms with van der Waals surface area (Å²) in [5, 5.41) is 5.42. The average molecular weight is 290 g/mol. The topological polar surface area (TPSA) is 41.1 Å². The molecule has 0 aliphatic rings. The Balaban J connectivity index is 2.14. The lowest BCUT2D eigenvalue weighted by Gasteiger charge is -2.12. The fourth-order valence-corrected chi connectivity index (χ4v) is 1.98. The number of hydrogen-bond acceptors (Lipinski definition) is 2. The number of carbonyl (C=O) groups excluding carboxylic acids is 1. The SMILES string of the molecule is CCNc1c(F)cccc1C(=O)NCc1ccccc1F. The molecule has 110 valence electrons. The fourth-order valence-electron chi connectivity index (χ4n) is 1.98. The molecule has 0 heterocycles. The van der Waals surface area contributed by atoms with Gasteiger partial charge < -0.3 is 10.6 Å². The number of nitrogens with one attached hydrogen (secondary N) is 2. The van der Waals surface area contributed by atoms with Gasteiger partial charge in [0.15, 0.2) is 0 Å². The molecule has 0 atom stereocenters. The Morgan fingerprint density at radius 2 is 1.76 bits per heavy atom. The van der Waals surface area contributed by atoms with Crippen LogP contribution in [0.25, 0.3) is 0 Å². The molecule has 3 nitrogen and oxygen atoms in total. The predicted octanol–water partition coefficient (Wildman–Crippen LogP) is 3.33. The van der Waals surface area contributed by atoms with Crippen LogP contribution in [0.4, 0.5) is 14.5 Å². The second-order valence-electron chi connectivity index (χ2n) is 4.47. The Morgan fingerprint density at radius 3 is 2.48 bits per heavy atom. The first kappa shape index (κ1) is 15.0. The van der Waals surface area contributed by atoms with E-state index >= 15 is 0 Å². The van der Waals surface area contributed by atoms with Crippen LogP contribution in [0, 0.1) is 11.6 Å². The van der Waals surface area contributed by atoms with Crippen molar-refractivity contribution in [3.05, 3.63) is 65.2 Å². The van der Waals surface area contributed by atoms with E-state index in [0.29, 0.717) is 12.1 Å². The third-order valence-corrected chi connectivity index (χ3v) is 3.01. The summed E-state index contributed by atoms with van der Waals surface area (Å²) in [6.45, 7) is 2.36. The van der Waals surface area contributed by atoms with Gasteiger partial charge in [-0.05, 0) is 25.1 Å². The molecule has 0 unspecified atom stereocenters. The maximum atomic E-state index is 13.7. The number of anilines is 1. The molecular formula is C16H16F2N2O. The second-order valence-corrected chi connectivity index (χ2v) is 4.47. The van der Waals surface area contributed by atoms with Gasteiger partial charge >= 0.3 is 0 Å². The summed E-state index contributed by atoms with van der Waals surface area (Å²) in [6.07, 6.45) is 0. The number of amides is 1. The zero-order valence-corrected chi connectivity index (χ0v) is 11.6.